The van der Waals surface area contributed by atoms with E-state index in [0.717, 1.165) is 56.7 Å². The van der Waals surface area contributed by atoms with Crippen molar-refractivity contribution in [3.63, 3.8) is 0 Å². The normalized spacial score (nSPS) is 18.6. The van der Waals surface area contributed by atoms with Crippen LogP contribution in [-0.2, 0) is 18.2 Å². The highest BCUT2D eigenvalue weighted by atomic mass is 16.6. The average Bonchev–Trinajstić information content (AvgIpc) is 3.37. The maximum absolute atomic E-state index is 12.3. The van der Waals surface area contributed by atoms with Gasteiger partial charge >= 0.3 is 6.09 Å². The van der Waals surface area contributed by atoms with Gasteiger partial charge < -0.3 is 19.9 Å². The van der Waals surface area contributed by atoms with Gasteiger partial charge in [0.15, 0.2) is 11.5 Å². The molecule has 29 heavy (non-hydrogen) atoms. The molecule has 158 valence electrons. The molecule has 1 aliphatic heterocycles. The highest BCUT2D eigenvalue weighted by Gasteiger charge is 2.25. The van der Waals surface area contributed by atoms with Crippen molar-refractivity contribution in [2.24, 2.45) is 18.9 Å². The number of hydrogen-bond donors (Lipinski definition) is 1. The lowest BCUT2D eigenvalue weighted by Crippen LogP contribution is -2.39. The first kappa shape index (κ1) is 19.9. The number of ether oxygens (including phenoxy) is 1. The molecule has 2 aromatic rings. The fourth-order valence-electron chi connectivity index (χ4n) is 4.60. The summed E-state index contributed by atoms with van der Waals surface area (Å²) in [4.78, 5) is 27.4. The van der Waals surface area contributed by atoms with Gasteiger partial charge in [0.1, 0.15) is 11.3 Å². The minimum Gasteiger partial charge on any atom is -0.449 e. The highest BCUT2D eigenvalue weighted by Crippen LogP contribution is 2.26. The van der Waals surface area contributed by atoms with Gasteiger partial charge in [-0.1, -0.05) is 12.8 Å². The van der Waals surface area contributed by atoms with E-state index in [2.05, 4.69) is 15.0 Å². The molecule has 8 nitrogen and oxygen atoms in total. The second-order valence-corrected chi connectivity index (χ2v) is 8.60. The van der Waals surface area contributed by atoms with Gasteiger partial charge in [-0.3, -0.25) is 0 Å². The molecule has 0 spiro atoms. The summed E-state index contributed by atoms with van der Waals surface area (Å²) >= 11 is 0. The molecule has 8 heteroatoms. The van der Waals surface area contributed by atoms with Crippen LogP contribution in [0.1, 0.15) is 57.2 Å². The number of nitrogen functional groups attached to an aromatic ring is 1. The van der Waals surface area contributed by atoms with Crippen LogP contribution in [0, 0.1) is 11.8 Å². The van der Waals surface area contributed by atoms with Crippen LogP contribution in [0.4, 0.5) is 10.6 Å². The fourth-order valence-corrected chi connectivity index (χ4v) is 4.60. The molecule has 3 heterocycles. The van der Waals surface area contributed by atoms with Gasteiger partial charge in [-0.2, -0.15) is 0 Å². The average molecular weight is 401 g/mol. The zero-order valence-corrected chi connectivity index (χ0v) is 17.3. The Hall–Kier alpha value is -2.38. The summed E-state index contributed by atoms with van der Waals surface area (Å²) in [5.41, 5.74) is 7.48. The molecule has 1 aliphatic carbocycles. The number of rotatable bonds is 6. The van der Waals surface area contributed by atoms with E-state index in [-0.39, 0.29) is 6.09 Å². The van der Waals surface area contributed by atoms with E-state index in [1.807, 2.05) is 16.5 Å². The molecule has 0 unspecified atom stereocenters. The van der Waals surface area contributed by atoms with Crippen molar-refractivity contribution in [3.05, 3.63) is 12.2 Å². The van der Waals surface area contributed by atoms with Gasteiger partial charge in [0.2, 0.25) is 0 Å². The molecule has 2 aliphatic rings. The Morgan fingerprint density at radius 3 is 2.69 bits per heavy atom. The Balaban J connectivity index is 1.18. The second-order valence-electron chi connectivity index (χ2n) is 8.60. The van der Waals surface area contributed by atoms with E-state index in [1.165, 1.54) is 25.7 Å². The summed E-state index contributed by atoms with van der Waals surface area (Å²) in [6, 6.07) is 0. The van der Waals surface area contributed by atoms with E-state index in [1.54, 1.807) is 6.33 Å². The summed E-state index contributed by atoms with van der Waals surface area (Å²) < 4.78 is 7.41. The molecule has 0 atom stereocenters. The number of piperidine rings is 1. The van der Waals surface area contributed by atoms with E-state index < -0.39 is 0 Å². The van der Waals surface area contributed by atoms with Crippen molar-refractivity contribution in [1.82, 2.24) is 24.4 Å². The molecule has 1 saturated heterocycles. The summed E-state index contributed by atoms with van der Waals surface area (Å²) in [5, 5.41) is 0. The number of fused-ring (bicyclic) bond motifs is 1. The number of aromatic nitrogens is 4. The van der Waals surface area contributed by atoms with Gasteiger partial charge in [-0.05, 0) is 50.4 Å². The van der Waals surface area contributed by atoms with Crippen molar-refractivity contribution in [1.29, 1.82) is 0 Å². The number of likely N-dealkylation sites (tertiary alicyclic amines) is 1. The first-order valence-electron chi connectivity index (χ1n) is 10.9. The number of aryl methyl sites for hydroxylation is 2. The third-order valence-electron chi connectivity index (χ3n) is 6.44. The van der Waals surface area contributed by atoms with Crippen LogP contribution in [0.5, 0.6) is 0 Å². The summed E-state index contributed by atoms with van der Waals surface area (Å²) in [7, 11) is 1.91. The lowest BCUT2D eigenvalue weighted by molar-refractivity contribution is 0.0749. The van der Waals surface area contributed by atoms with Crippen LogP contribution >= 0.6 is 0 Å². The molecule has 0 aromatic carbocycles. The molecule has 1 amide bonds. The molecule has 0 bridgehead atoms. The quantitative estimate of drug-likeness (QED) is 0.799. The Labute approximate surface area is 171 Å². The number of carbonyl (C=O) groups is 1. The third-order valence-corrected chi connectivity index (χ3v) is 6.44. The van der Waals surface area contributed by atoms with E-state index >= 15 is 0 Å². The van der Waals surface area contributed by atoms with Crippen molar-refractivity contribution < 1.29 is 9.53 Å². The van der Waals surface area contributed by atoms with Gasteiger partial charge in [0.25, 0.3) is 0 Å². The predicted octanol–water partition coefficient (Wildman–Crippen LogP) is 3.31. The van der Waals surface area contributed by atoms with E-state index in [0.29, 0.717) is 29.8 Å². The summed E-state index contributed by atoms with van der Waals surface area (Å²) in [6.07, 6.45) is 11.6. The lowest BCUT2D eigenvalue weighted by Gasteiger charge is -2.31. The SMILES string of the molecule is Cn1cnc2c(N)nc(CCCC3CCN(C(=O)OCC4CCCC4)CC3)nc21. The first-order chi connectivity index (χ1) is 14.1. The Morgan fingerprint density at radius 1 is 1.17 bits per heavy atom. The second kappa shape index (κ2) is 8.97. The topological polar surface area (TPSA) is 99.2 Å². The van der Waals surface area contributed by atoms with Gasteiger partial charge in [0.05, 0.1) is 12.9 Å². The fraction of sp³-hybridized carbons (Fsp3) is 0.714. The first-order valence-corrected chi connectivity index (χ1v) is 10.9. The molecule has 1 saturated carbocycles. The smallest absolute Gasteiger partial charge is 0.409 e. The maximum atomic E-state index is 12.3. The summed E-state index contributed by atoms with van der Waals surface area (Å²) in [5.74, 6) is 2.46. The number of hydrogen-bond acceptors (Lipinski definition) is 6. The van der Waals surface area contributed by atoms with E-state index in [9.17, 15) is 4.79 Å². The number of anilines is 1. The Morgan fingerprint density at radius 2 is 1.93 bits per heavy atom. The molecular formula is C21H32N6O2. The van der Waals surface area contributed by atoms with Crippen molar-refractivity contribution in [3.8, 4) is 0 Å². The number of imidazole rings is 1. The number of nitrogens with two attached hydrogens (primary N) is 1. The van der Waals surface area contributed by atoms with Gasteiger partial charge in [-0.15, -0.1) is 0 Å². The zero-order valence-electron chi connectivity index (χ0n) is 17.3. The van der Waals surface area contributed by atoms with Crippen molar-refractivity contribution in [2.45, 2.75) is 57.8 Å². The van der Waals surface area contributed by atoms with Crippen LogP contribution in [-0.4, -0.2) is 50.2 Å². The monoisotopic (exact) mass is 400 g/mol. The predicted molar refractivity (Wildman–Crippen MR) is 111 cm³/mol. The third kappa shape index (κ3) is 4.79. The molecular weight excluding hydrogens is 368 g/mol. The summed E-state index contributed by atoms with van der Waals surface area (Å²) in [6.45, 7) is 2.21. The van der Waals surface area contributed by atoms with Crippen LogP contribution in [0.2, 0.25) is 0 Å². The standard InChI is InChI=1S/C21H32N6O2/c1-26-14-23-18-19(22)24-17(25-20(18)26)8-4-7-15-9-11-27(12-10-15)21(28)29-13-16-5-2-3-6-16/h14-16H,2-13H2,1H3,(H2,22,24,25). The zero-order chi connectivity index (χ0) is 20.2. The number of amides is 1. The van der Waals surface area contributed by atoms with Crippen LogP contribution in [0.15, 0.2) is 6.33 Å². The van der Waals surface area contributed by atoms with Crippen LogP contribution in [0.3, 0.4) is 0 Å². The molecule has 0 radical (unpaired) electrons. The molecule has 2 N–H and O–H groups in total. The minimum absolute atomic E-state index is 0.122. The molecule has 2 fully saturated rings. The minimum atomic E-state index is -0.122. The lowest BCUT2D eigenvalue weighted by atomic mass is 9.91. The maximum Gasteiger partial charge on any atom is 0.409 e. The molecule has 4 rings (SSSR count). The highest BCUT2D eigenvalue weighted by molar-refractivity contribution is 5.81. The van der Waals surface area contributed by atoms with Crippen molar-refractivity contribution >= 4 is 23.1 Å². The van der Waals surface area contributed by atoms with Crippen LogP contribution < -0.4 is 5.73 Å². The Bertz CT molecular complexity index is 837. The van der Waals surface area contributed by atoms with Gasteiger partial charge in [0, 0.05) is 26.6 Å². The van der Waals surface area contributed by atoms with Gasteiger partial charge in [-0.25, -0.2) is 19.7 Å². The Kier molecular flexibility index (Phi) is 6.16. The largest absolute Gasteiger partial charge is 0.449 e. The molecule has 2 aromatic heterocycles. The number of carbonyl (C=O) groups excluding carboxylic acids is 1. The van der Waals surface area contributed by atoms with Crippen LogP contribution in [0.25, 0.3) is 11.2 Å². The van der Waals surface area contributed by atoms with E-state index in [4.69, 9.17) is 10.5 Å². The number of nitrogens with zero attached hydrogens (tertiary/aromatic N) is 5. The van der Waals surface area contributed by atoms with Crippen molar-refractivity contribution in [2.75, 3.05) is 25.4 Å².